The quantitative estimate of drug-likeness (QED) is 0.723. The number of carbonyl (C=O) groups excluding carboxylic acids is 2. The van der Waals surface area contributed by atoms with Gasteiger partial charge in [0.25, 0.3) is 0 Å². The molecule has 3 rings (SSSR count). The molecule has 1 fully saturated rings. The second-order valence-corrected chi connectivity index (χ2v) is 9.00. The summed E-state index contributed by atoms with van der Waals surface area (Å²) in [5.41, 5.74) is 3.65. The zero-order chi connectivity index (χ0) is 21.6. The highest BCUT2D eigenvalue weighted by Crippen LogP contribution is 2.22. The van der Waals surface area contributed by atoms with Gasteiger partial charge in [0.15, 0.2) is 0 Å². The van der Waals surface area contributed by atoms with E-state index < -0.39 is 0 Å². The van der Waals surface area contributed by atoms with Gasteiger partial charge in [-0.3, -0.25) is 4.79 Å². The Balaban J connectivity index is 1.53. The molecule has 0 spiro atoms. The first-order chi connectivity index (χ1) is 14.3. The van der Waals surface area contributed by atoms with Crippen LogP contribution in [0.2, 0.25) is 0 Å². The fourth-order valence-corrected chi connectivity index (χ4v) is 3.74. The summed E-state index contributed by atoms with van der Waals surface area (Å²) < 4.78 is 0. The minimum absolute atomic E-state index is 0.139. The summed E-state index contributed by atoms with van der Waals surface area (Å²) in [5.74, 6) is 0.164. The number of benzene rings is 2. The number of carbonyl (C=O) groups is 2. The Kier molecular flexibility index (Phi) is 7.14. The highest BCUT2D eigenvalue weighted by atomic mass is 16.2. The summed E-state index contributed by atoms with van der Waals surface area (Å²) in [7, 11) is 0. The maximum absolute atomic E-state index is 12.5. The van der Waals surface area contributed by atoms with Crippen LogP contribution < -0.4 is 10.6 Å². The monoisotopic (exact) mass is 407 g/mol. The molecule has 3 amide bonds. The molecule has 2 aromatic carbocycles. The summed E-state index contributed by atoms with van der Waals surface area (Å²) in [6, 6.07) is 18.0. The molecule has 1 atom stereocenters. The third kappa shape index (κ3) is 6.09. The fourth-order valence-electron chi connectivity index (χ4n) is 3.74. The zero-order valence-corrected chi connectivity index (χ0v) is 18.3. The number of nitrogens with zero attached hydrogens (tertiary/aromatic N) is 1. The van der Waals surface area contributed by atoms with Crippen LogP contribution in [-0.2, 0) is 16.6 Å². The van der Waals surface area contributed by atoms with Gasteiger partial charge in [0.2, 0.25) is 5.91 Å². The third-order valence-corrected chi connectivity index (χ3v) is 5.60. The third-order valence-electron chi connectivity index (χ3n) is 5.60. The van der Waals surface area contributed by atoms with Gasteiger partial charge < -0.3 is 15.5 Å². The van der Waals surface area contributed by atoms with E-state index in [9.17, 15) is 9.59 Å². The fraction of sp³-hybridized carbons (Fsp3) is 0.440. The lowest BCUT2D eigenvalue weighted by Crippen LogP contribution is -2.43. The van der Waals surface area contributed by atoms with Crippen molar-refractivity contribution in [2.24, 2.45) is 0 Å². The number of amides is 3. The number of hydrogen-bond acceptors (Lipinski definition) is 2. The smallest absolute Gasteiger partial charge is 0.315 e. The molecule has 1 unspecified atom stereocenters. The van der Waals surface area contributed by atoms with Crippen molar-refractivity contribution in [3.05, 3.63) is 71.3 Å². The largest absolute Gasteiger partial charge is 0.340 e. The molecule has 1 heterocycles. The topological polar surface area (TPSA) is 61.4 Å². The highest BCUT2D eigenvalue weighted by molar-refractivity contribution is 5.78. The van der Waals surface area contributed by atoms with Gasteiger partial charge in [-0.15, -0.1) is 0 Å². The molecule has 1 saturated heterocycles. The summed E-state index contributed by atoms with van der Waals surface area (Å²) in [4.78, 5) is 26.4. The van der Waals surface area contributed by atoms with Crippen LogP contribution in [-0.4, -0.2) is 36.5 Å². The molecule has 0 radical (unpaired) electrons. The van der Waals surface area contributed by atoms with Crippen LogP contribution >= 0.6 is 0 Å². The van der Waals surface area contributed by atoms with E-state index >= 15 is 0 Å². The minimum Gasteiger partial charge on any atom is -0.340 e. The Morgan fingerprint density at radius 3 is 2.37 bits per heavy atom. The zero-order valence-electron chi connectivity index (χ0n) is 18.3. The van der Waals surface area contributed by atoms with Gasteiger partial charge in [0, 0.05) is 26.1 Å². The van der Waals surface area contributed by atoms with Gasteiger partial charge in [0.05, 0.1) is 6.04 Å². The molecule has 2 aromatic rings. The number of hydrogen-bond donors (Lipinski definition) is 2. The first-order valence-electron chi connectivity index (χ1n) is 10.8. The summed E-state index contributed by atoms with van der Waals surface area (Å²) in [5, 5.41) is 6.01. The standard InChI is InChI=1S/C25H33N3O2/c1-25(2,3)21-13-11-19(12-14-21)15-16-26-24(30)27-22(20-8-5-4-6-9-20)18-28-17-7-10-23(28)29/h4-6,8-9,11-14,22H,7,10,15-18H2,1-3H3,(H2,26,27,30). The molecule has 1 aliphatic heterocycles. The van der Waals surface area contributed by atoms with Crippen LogP contribution in [0.1, 0.15) is 56.3 Å². The lowest BCUT2D eigenvalue weighted by Gasteiger charge is -2.25. The molecule has 30 heavy (non-hydrogen) atoms. The second-order valence-electron chi connectivity index (χ2n) is 9.00. The van der Waals surface area contributed by atoms with Gasteiger partial charge >= 0.3 is 6.03 Å². The lowest BCUT2D eigenvalue weighted by atomic mass is 9.86. The van der Waals surface area contributed by atoms with Crippen molar-refractivity contribution in [2.45, 2.75) is 51.5 Å². The lowest BCUT2D eigenvalue weighted by molar-refractivity contribution is -0.128. The van der Waals surface area contributed by atoms with Gasteiger partial charge in [-0.25, -0.2) is 4.79 Å². The first-order valence-corrected chi connectivity index (χ1v) is 10.8. The molecule has 2 N–H and O–H groups in total. The highest BCUT2D eigenvalue weighted by Gasteiger charge is 2.25. The summed E-state index contributed by atoms with van der Waals surface area (Å²) in [6.07, 6.45) is 2.26. The van der Waals surface area contributed by atoms with Gasteiger partial charge in [-0.2, -0.15) is 0 Å². The average molecular weight is 408 g/mol. The molecule has 0 aliphatic carbocycles. The molecule has 160 valence electrons. The van der Waals surface area contributed by atoms with Crippen molar-refractivity contribution >= 4 is 11.9 Å². The molecule has 0 bridgehead atoms. The second kappa shape index (κ2) is 9.79. The van der Waals surface area contributed by atoms with Crippen molar-refractivity contribution in [3.8, 4) is 0 Å². The Hall–Kier alpha value is -2.82. The maximum Gasteiger partial charge on any atom is 0.315 e. The molecule has 0 saturated carbocycles. The summed E-state index contributed by atoms with van der Waals surface area (Å²) in [6.45, 7) is 8.43. The molecular formula is C25H33N3O2. The van der Waals surface area contributed by atoms with Crippen LogP contribution in [0.4, 0.5) is 4.79 Å². The predicted octanol–water partition coefficient (Wildman–Crippen LogP) is 4.19. The molecule has 5 heteroatoms. The van der Waals surface area contributed by atoms with Crippen molar-refractivity contribution < 1.29 is 9.59 Å². The van der Waals surface area contributed by atoms with Crippen molar-refractivity contribution in [1.82, 2.24) is 15.5 Å². The van der Waals surface area contributed by atoms with E-state index in [0.717, 1.165) is 24.9 Å². The van der Waals surface area contributed by atoms with Crippen molar-refractivity contribution in [1.29, 1.82) is 0 Å². The van der Waals surface area contributed by atoms with E-state index in [4.69, 9.17) is 0 Å². The molecule has 0 aromatic heterocycles. The van der Waals surface area contributed by atoms with Crippen molar-refractivity contribution in [3.63, 3.8) is 0 Å². The predicted molar refractivity (Wildman–Crippen MR) is 120 cm³/mol. The van der Waals surface area contributed by atoms with Crippen LogP contribution in [0.3, 0.4) is 0 Å². The van der Waals surface area contributed by atoms with Crippen LogP contribution in [0.5, 0.6) is 0 Å². The number of nitrogens with one attached hydrogen (secondary N) is 2. The Morgan fingerprint density at radius 1 is 1.07 bits per heavy atom. The Morgan fingerprint density at radius 2 is 1.77 bits per heavy atom. The Labute approximate surface area is 179 Å². The number of urea groups is 1. The van der Waals surface area contributed by atoms with E-state index in [1.807, 2.05) is 35.2 Å². The SMILES string of the molecule is CC(C)(C)c1ccc(CCNC(=O)NC(CN2CCCC2=O)c2ccccc2)cc1. The Bertz CT molecular complexity index is 841. The normalized spacial score (nSPS) is 15.2. The molecule has 1 aliphatic rings. The van der Waals surface area contributed by atoms with Gasteiger partial charge in [-0.1, -0.05) is 75.4 Å². The van der Waals surface area contributed by atoms with E-state index in [-0.39, 0.29) is 23.4 Å². The van der Waals surface area contributed by atoms with Crippen LogP contribution in [0.15, 0.2) is 54.6 Å². The summed E-state index contributed by atoms with van der Waals surface area (Å²) >= 11 is 0. The first kappa shape index (κ1) is 21.9. The van der Waals surface area contributed by atoms with Gasteiger partial charge in [-0.05, 0) is 34.9 Å². The van der Waals surface area contributed by atoms with Crippen LogP contribution in [0.25, 0.3) is 0 Å². The maximum atomic E-state index is 12.5. The van der Waals surface area contributed by atoms with E-state index in [0.29, 0.717) is 19.5 Å². The van der Waals surface area contributed by atoms with E-state index in [1.54, 1.807) is 0 Å². The number of likely N-dealkylation sites (tertiary alicyclic amines) is 1. The van der Waals surface area contributed by atoms with Crippen molar-refractivity contribution in [2.75, 3.05) is 19.6 Å². The van der Waals surface area contributed by atoms with E-state index in [2.05, 4.69) is 55.7 Å². The minimum atomic E-state index is -0.223. The number of rotatable bonds is 7. The molecule has 5 nitrogen and oxygen atoms in total. The molecular weight excluding hydrogens is 374 g/mol. The van der Waals surface area contributed by atoms with Gasteiger partial charge in [0.1, 0.15) is 0 Å². The average Bonchev–Trinajstić information content (AvgIpc) is 3.12. The van der Waals surface area contributed by atoms with E-state index in [1.165, 1.54) is 11.1 Å². The van der Waals surface area contributed by atoms with Crippen LogP contribution in [0, 0.1) is 0 Å².